The largest absolute Gasteiger partial charge is 0.416 e. The maximum absolute atomic E-state index is 14.0. The number of hydrogen-bond donors (Lipinski definition) is 3. The molecule has 1 aliphatic carbocycles. The van der Waals surface area contributed by atoms with Crippen LogP contribution in [-0.2, 0) is 11.0 Å². The first kappa shape index (κ1) is 24.3. The van der Waals surface area contributed by atoms with Crippen LogP contribution < -0.4 is 16.8 Å². The van der Waals surface area contributed by atoms with Crippen LogP contribution in [0.15, 0.2) is 24.5 Å². The second-order valence-corrected chi connectivity index (χ2v) is 7.77. The molecule has 1 heterocycles. The molecule has 0 aliphatic heterocycles. The maximum atomic E-state index is 14.0. The zero-order valence-electron chi connectivity index (χ0n) is 16.9. The summed E-state index contributed by atoms with van der Waals surface area (Å²) in [4.78, 5) is 32.5. The van der Waals surface area contributed by atoms with Gasteiger partial charge in [0.2, 0.25) is 23.7 Å². The summed E-state index contributed by atoms with van der Waals surface area (Å²) >= 11 is 0. The smallest absolute Gasteiger partial charge is 0.368 e. The van der Waals surface area contributed by atoms with Crippen molar-refractivity contribution in [2.45, 2.75) is 43.7 Å². The molecular weight excluding hydrogens is 456 g/mol. The topological polar surface area (TPSA) is 124 Å². The first-order valence-electron chi connectivity index (χ1n) is 9.75. The summed E-state index contributed by atoms with van der Waals surface area (Å²) < 4.78 is 83.0. The summed E-state index contributed by atoms with van der Waals surface area (Å²) in [5.74, 6) is -9.75. The fourth-order valence-electron chi connectivity index (χ4n) is 3.99. The van der Waals surface area contributed by atoms with Gasteiger partial charge in [-0.15, -0.1) is 0 Å². The average molecular weight is 475 g/mol. The van der Waals surface area contributed by atoms with E-state index in [1.807, 2.05) is 0 Å². The van der Waals surface area contributed by atoms with Crippen molar-refractivity contribution in [3.05, 3.63) is 47.0 Å². The van der Waals surface area contributed by atoms with E-state index in [1.165, 1.54) is 0 Å². The van der Waals surface area contributed by atoms with Crippen molar-refractivity contribution in [2.75, 3.05) is 11.1 Å². The number of rotatable bonds is 5. The lowest BCUT2D eigenvalue weighted by molar-refractivity contribution is -0.139. The minimum Gasteiger partial charge on any atom is -0.368 e. The van der Waals surface area contributed by atoms with Crippen LogP contribution in [-0.4, -0.2) is 27.7 Å². The summed E-state index contributed by atoms with van der Waals surface area (Å²) in [7, 11) is 0. The van der Waals surface area contributed by atoms with Gasteiger partial charge in [-0.1, -0.05) is 0 Å². The van der Waals surface area contributed by atoms with Gasteiger partial charge < -0.3 is 16.8 Å². The van der Waals surface area contributed by atoms with Crippen molar-refractivity contribution in [3.63, 3.8) is 0 Å². The molecule has 1 atom stereocenters. The van der Waals surface area contributed by atoms with Gasteiger partial charge in [-0.3, -0.25) is 9.59 Å². The minimum absolute atomic E-state index is 0.0309. The van der Waals surface area contributed by atoms with E-state index in [0.29, 0.717) is 6.07 Å². The Kier molecular flexibility index (Phi) is 6.52. The lowest BCUT2D eigenvalue weighted by atomic mass is 9.72. The van der Waals surface area contributed by atoms with Crippen LogP contribution in [0.4, 0.5) is 38.0 Å². The summed E-state index contributed by atoms with van der Waals surface area (Å²) in [5.41, 5.74) is 7.26. The van der Waals surface area contributed by atoms with Crippen LogP contribution in [0, 0.1) is 11.7 Å². The van der Waals surface area contributed by atoms with Gasteiger partial charge in [-0.2, -0.15) is 13.2 Å². The van der Waals surface area contributed by atoms with Gasteiger partial charge in [-0.25, -0.2) is 23.1 Å². The van der Waals surface area contributed by atoms with E-state index >= 15 is 0 Å². The molecule has 33 heavy (non-hydrogen) atoms. The number of benzene rings is 1. The molecular formula is C20H19F6N5O2. The monoisotopic (exact) mass is 475 g/mol. The third-order valence-corrected chi connectivity index (χ3v) is 5.48. The van der Waals surface area contributed by atoms with Crippen molar-refractivity contribution in [1.82, 2.24) is 9.97 Å². The molecule has 1 saturated carbocycles. The highest BCUT2D eigenvalue weighted by Gasteiger charge is 2.45. The molecule has 0 radical (unpaired) electrons. The fraction of sp³-hybridized carbons (Fsp3) is 0.400. The number of alkyl halides is 5. The van der Waals surface area contributed by atoms with Crippen LogP contribution in [0.2, 0.25) is 0 Å². The van der Waals surface area contributed by atoms with Crippen LogP contribution in [0.3, 0.4) is 0 Å². The maximum Gasteiger partial charge on any atom is 0.416 e. The third kappa shape index (κ3) is 5.52. The van der Waals surface area contributed by atoms with Crippen molar-refractivity contribution in [2.24, 2.45) is 11.7 Å². The predicted molar refractivity (Wildman–Crippen MR) is 105 cm³/mol. The summed E-state index contributed by atoms with van der Waals surface area (Å²) in [5, 5.41) is 2.32. The molecule has 1 fully saturated rings. The normalized spacial score (nSPS) is 17.4. The molecule has 1 aromatic heterocycles. The number of nitrogens with zero attached hydrogens (tertiary/aromatic N) is 2. The molecule has 0 bridgehead atoms. The van der Waals surface area contributed by atoms with Crippen LogP contribution in [0.25, 0.3) is 0 Å². The van der Waals surface area contributed by atoms with Gasteiger partial charge in [-0.05, 0) is 36.5 Å². The first-order valence-corrected chi connectivity index (χ1v) is 9.75. The summed E-state index contributed by atoms with van der Waals surface area (Å²) in [6.07, 6.45) is -4.93. The van der Waals surface area contributed by atoms with Gasteiger partial charge in [0, 0.05) is 18.4 Å². The predicted octanol–water partition coefficient (Wildman–Crippen LogP) is 3.86. The molecule has 13 heteroatoms. The molecule has 2 amide bonds. The van der Waals surface area contributed by atoms with Crippen LogP contribution in [0.5, 0.6) is 0 Å². The van der Waals surface area contributed by atoms with E-state index in [2.05, 4.69) is 15.3 Å². The average Bonchev–Trinajstić information content (AvgIpc) is 2.70. The Bertz CT molecular complexity index is 1050. The van der Waals surface area contributed by atoms with E-state index in [0.717, 1.165) is 12.4 Å². The number of hydrogen-bond acceptors (Lipinski definition) is 5. The number of anilines is 2. The van der Waals surface area contributed by atoms with Gasteiger partial charge in [0.05, 0.1) is 29.6 Å². The Balaban J connectivity index is 2.16. The zero-order valence-corrected chi connectivity index (χ0v) is 16.9. The van der Waals surface area contributed by atoms with Gasteiger partial charge >= 0.3 is 6.18 Å². The fourth-order valence-corrected chi connectivity index (χ4v) is 3.99. The Hall–Kier alpha value is -3.38. The van der Waals surface area contributed by atoms with Crippen molar-refractivity contribution in [3.8, 4) is 0 Å². The highest BCUT2D eigenvalue weighted by atomic mass is 19.4. The quantitative estimate of drug-likeness (QED) is 0.567. The molecule has 2 aromatic rings. The van der Waals surface area contributed by atoms with Gasteiger partial charge in [0.25, 0.3) is 0 Å². The Morgan fingerprint density at radius 2 is 1.70 bits per heavy atom. The molecule has 1 unspecified atom stereocenters. The van der Waals surface area contributed by atoms with Crippen molar-refractivity contribution < 1.29 is 35.9 Å². The molecule has 178 valence electrons. The van der Waals surface area contributed by atoms with Gasteiger partial charge in [0.15, 0.2) is 0 Å². The summed E-state index contributed by atoms with van der Waals surface area (Å²) in [6.45, 7) is 0. The second-order valence-electron chi connectivity index (χ2n) is 7.77. The molecule has 5 N–H and O–H groups in total. The first-order chi connectivity index (χ1) is 15.3. The van der Waals surface area contributed by atoms with Crippen molar-refractivity contribution >= 4 is 23.5 Å². The number of nitrogen functional groups attached to an aromatic ring is 1. The molecule has 1 aliphatic rings. The number of nitrogens with one attached hydrogen (secondary N) is 1. The zero-order chi connectivity index (χ0) is 24.6. The lowest BCUT2D eigenvalue weighted by Gasteiger charge is -2.35. The molecule has 0 spiro atoms. The van der Waals surface area contributed by atoms with Gasteiger partial charge in [0.1, 0.15) is 5.82 Å². The van der Waals surface area contributed by atoms with Crippen LogP contribution >= 0.6 is 0 Å². The number of amides is 2. The third-order valence-electron chi connectivity index (χ3n) is 5.48. The summed E-state index contributed by atoms with van der Waals surface area (Å²) in [6, 6.07) is 0.642. The Morgan fingerprint density at radius 1 is 1.12 bits per heavy atom. The second kappa shape index (κ2) is 8.87. The number of carbonyl (C=O) groups excluding carboxylic acids is 2. The van der Waals surface area contributed by atoms with E-state index in [4.69, 9.17) is 11.5 Å². The number of carbonyl (C=O) groups is 2. The number of aromatic nitrogens is 2. The van der Waals surface area contributed by atoms with E-state index in [1.54, 1.807) is 0 Å². The lowest BCUT2D eigenvalue weighted by Crippen LogP contribution is -2.36. The molecule has 1 aromatic carbocycles. The Labute approximate surface area is 183 Å². The number of nitrogens with two attached hydrogens (primary N) is 2. The molecule has 0 saturated heterocycles. The SMILES string of the molecule is NC(=O)c1cc(F)cc(C(F)(F)F)c1C(C(=O)Nc1cnc(N)nc1)C1CCC(F)(F)CC1. The highest BCUT2D eigenvalue weighted by molar-refractivity contribution is 6.01. The number of primary amides is 1. The molecule has 7 nitrogen and oxygen atoms in total. The minimum atomic E-state index is -5.16. The van der Waals surface area contributed by atoms with E-state index < -0.39 is 71.1 Å². The highest BCUT2D eigenvalue weighted by Crippen LogP contribution is 2.47. The Morgan fingerprint density at radius 3 is 2.21 bits per heavy atom. The van der Waals surface area contributed by atoms with Crippen molar-refractivity contribution in [1.29, 1.82) is 0 Å². The van der Waals surface area contributed by atoms with Crippen LogP contribution in [0.1, 0.15) is 53.1 Å². The van der Waals surface area contributed by atoms with E-state index in [9.17, 15) is 35.9 Å². The standard InChI is InChI=1S/C20H19F6N5O2/c21-10-5-12(16(27)32)15(13(6-10)20(24,25)26)14(9-1-3-19(22,23)4-2-9)17(33)31-11-7-29-18(28)30-8-11/h5-9,14H,1-4H2,(H2,27,32)(H,31,33)(H2,28,29,30). The van der Waals surface area contributed by atoms with E-state index in [-0.39, 0.29) is 30.5 Å². The number of halogens is 6. The molecule has 3 rings (SSSR count).